The summed E-state index contributed by atoms with van der Waals surface area (Å²) in [5.41, 5.74) is 0.592. The number of halogens is 3. The average Bonchev–Trinajstić information content (AvgIpc) is 3.22. The Kier molecular flexibility index (Phi) is 7.46. The zero-order valence-electron chi connectivity index (χ0n) is 16.4. The monoisotopic (exact) mass is 470 g/mol. The Balaban J connectivity index is 1.51. The molecule has 1 heterocycles. The van der Waals surface area contributed by atoms with Gasteiger partial charge in [-0.3, -0.25) is 9.59 Å². The molecule has 0 unspecified atom stereocenters. The average molecular weight is 470 g/mol. The van der Waals surface area contributed by atoms with E-state index < -0.39 is 31.2 Å². The van der Waals surface area contributed by atoms with Gasteiger partial charge >= 0.3 is 12.1 Å². The van der Waals surface area contributed by atoms with E-state index in [2.05, 4.69) is 5.32 Å². The Morgan fingerprint density at radius 1 is 1.03 bits per heavy atom. The van der Waals surface area contributed by atoms with Crippen LogP contribution in [-0.2, 0) is 14.3 Å². The molecule has 0 bridgehead atoms. The molecule has 12 heteroatoms. The molecule has 0 aliphatic carbocycles. The van der Waals surface area contributed by atoms with E-state index in [0.717, 1.165) is 11.8 Å². The smallest absolute Gasteiger partial charge is 0.405 e. The van der Waals surface area contributed by atoms with E-state index in [-0.39, 0.29) is 24.0 Å². The fraction of sp³-hybridized carbons (Fsp3) is 0.250. The van der Waals surface area contributed by atoms with Crippen molar-refractivity contribution in [3.05, 3.63) is 48.0 Å². The van der Waals surface area contributed by atoms with Crippen molar-refractivity contribution in [3.63, 3.8) is 0 Å². The summed E-state index contributed by atoms with van der Waals surface area (Å²) in [7, 11) is 0. The lowest BCUT2D eigenvalue weighted by Crippen LogP contribution is -2.36. The largest absolute Gasteiger partial charge is 0.454 e. The van der Waals surface area contributed by atoms with Crippen LogP contribution in [0.25, 0.3) is 0 Å². The minimum Gasteiger partial charge on any atom is -0.454 e. The van der Waals surface area contributed by atoms with E-state index in [4.69, 9.17) is 14.2 Å². The van der Waals surface area contributed by atoms with Crippen LogP contribution < -0.4 is 20.1 Å². The van der Waals surface area contributed by atoms with Gasteiger partial charge in [-0.1, -0.05) is 12.1 Å². The van der Waals surface area contributed by atoms with Crippen LogP contribution in [0.5, 0.6) is 11.5 Å². The fourth-order valence-corrected chi connectivity index (χ4v) is 3.37. The zero-order valence-corrected chi connectivity index (χ0v) is 17.2. The van der Waals surface area contributed by atoms with Crippen LogP contribution in [0, 0.1) is 0 Å². The highest BCUT2D eigenvalue weighted by Crippen LogP contribution is 2.34. The maximum atomic E-state index is 12.3. The lowest BCUT2D eigenvalue weighted by Gasteiger charge is -2.11. The molecule has 0 fully saturated rings. The summed E-state index contributed by atoms with van der Waals surface area (Å²) < 4.78 is 51.6. The third-order valence-corrected chi connectivity index (χ3v) is 5.02. The molecule has 2 N–H and O–H groups in total. The van der Waals surface area contributed by atoms with Gasteiger partial charge in [0.05, 0.1) is 11.3 Å². The van der Waals surface area contributed by atoms with Gasteiger partial charge in [0.25, 0.3) is 5.91 Å². The maximum Gasteiger partial charge on any atom is 0.405 e. The Morgan fingerprint density at radius 2 is 1.78 bits per heavy atom. The SMILES string of the molecule is O=C(COC(=O)c1ccccc1SCC(=O)Nc1ccc2c(c1)OCO2)NCC(F)(F)F. The number of hydrogen-bond acceptors (Lipinski definition) is 7. The molecule has 0 saturated heterocycles. The zero-order chi connectivity index (χ0) is 23.1. The number of ether oxygens (including phenoxy) is 3. The van der Waals surface area contributed by atoms with Crippen LogP contribution in [0.1, 0.15) is 10.4 Å². The Hall–Kier alpha value is -3.41. The number of carbonyl (C=O) groups is 3. The van der Waals surface area contributed by atoms with Gasteiger partial charge in [-0.05, 0) is 24.3 Å². The van der Waals surface area contributed by atoms with E-state index >= 15 is 0 Å². The number of esters is 1. The van der Waals surface area contributed by atoms with Gasteiger partial charge in [-0.2, -0.15) is 13.2 Å². The molecule has 1 aliphatic heterocycles. The van der Waals surface area contributed by atoms with Gasteiger partial charge in [0.2, 0.25) is 12.7 Å². The molecular weight excluding hydrogens is 453 g/mol. The first-order valence-corrected chi connectivity index (χ1v) is 10.1. The number of alkyl halides is 3. The van der Waals surface area contributed by atoms with Gasteiger partial charge in [-0.25, -0.2) is 4.79 Å². The van der Waals surface area contributed by atoms with Crippen LogP contribution in [-0.4, -0.2) is 49.7 Å². The predicted octanol–water partition coefficient (Wildman–Crippen LogP) is 2.98. The third kappa shape index (κ3) is 6.80. The normalized spacial score (nSPS) is 12.2. The van der Waals surface area contributed by atoms with E-state index in [1.807, 2.05) is 0 Å². The number of fused-ring (bicyclic) bond motifs is 1. The van der Waals surface area contributed by atoms with Crippen molar-refractivity contribution in [2.45, 2.75) is 11.1 Å². The first-order chi connectivity index (χ1) is 15.2. The summed E-state index contributed by atoms with van der Waals surface area (Å²) in [4.78, 5) is 36.3. The second kappa shape index (κ2) is 10.3. The predicted molar refractivity (Wildman–Crippen MR) is 108 cm³/mol. The molecular formula is C20H17F3N2O6S. The molecule has 3 rings (SSSR count). The highest BCUT2D eigenvalue weighted by molar-refractivity contribution is 8.00. The summed E-state index contributed by atoms with van der Waals surface area (Å²) in [6, 6.07) is 11.2. The molecule has 0 radical (unpaired) electrons. The van der Waals surface area contributed by atoms with Crippen molar-refractivity contribution < 1.29 is 41.8 Å². The van der Waals surface area contributed by atoms with Crippen LogP contribution in [0.4, 0.5) is 18.9 Å². The first-order valence-electron chi connectivity index (χ1n) is 9.13. The molecule has 0 aromatic heterocycles. The van der Waals surface area contributed by atoms with Gasteiger partial charge in [0.1, 0.15) is 6.54 Å². The van der Waals surface area contributed by atoms with E-state index in [9.17, 15) is 27.6 Å². The van der Waals surface area contributed by atoms with Gasteiger partial charge in [0.15, 0.2) is 18.1 Å². The molecule has 2 aromatic carbocycles. The number of thioether (sulfide) groups is 1. The van der Waals surface area contributed by atoms with Crippen molar-refractivity contribution in [3.8, 4) is 11.5 Å². The number of benzene rings is 2. The summed E-state index contributed by atoms with van der Waals surface area (Å²) in [6.07, 6.45) is -4.57. The van der Waals surface area contributed by atoms with Crippen LogP contribution in [0.2, 0.25) is 0 Å². The van der Waals surface area contributed by atoms with E-state index in [0.29, 0.717) is 22.1 Å². The van der Waals surface area contributed by atoms with Crippen molar-refractivity contribution in [2.24, 2.45) is 0 Å². The molecule has 2 aromatic rings. The Morgan fingerprint density at radius 3 is 2.56 bits per heavy atom. The second-order valence-corrected chi connectivity index (χ2v) is 7.39. The lowest BCUT2D eigenvalue weighted by molar-refractivity contribution is -0.140. The molecule has 0 atom stereocenters. The minimum absolute atomic E-state index is 0.0369. The highest BCUT2D eigenvalue weighted by atomic mass is 32.2. The second-order valence-electron chi connectivity index (χ2n) is 6.37. The van der Waals surface area contributed by atoms with Crippen molar-refractivity contribution >= 4 is 35.2 Å². The van der Waals surface area contributed by atoms with Crippen molar-refractivity contribution in [1.82, 2.24) is 5.32 Å². The number of hydrogen-bond donors (Lipinski definition) is 2. The van der Waals surface area contributed by atoms with Crippen LogP contribution >= 0.6 is 11.8 Å². The number of anilines is 1. The summed E-state index contributed by atoms with van der Waals surface area (Å²) in [5.74, 6) is -1.26. The van der Waals surface area contributed by atoms with Gasteiger partial charge in [-0.15, -0.1) is 11.8 Å². The Labute approximate surface area is 184 Å². The summed E-state index contributed by atoms with van der Waals surface area (Å²) >= 11 is 1.06. The topological polar surface area (TPSA) is 103 Å². The maximum absolute atomic E-state index is 12.3. The number of nitrogens with one attached hydrogen (secondary N) is 2. The highest BCUT2D eigenvalue weighted by Gasteiger charge is 2.28. The third-order valence-electron chi connectivity index (χ3n) is 3.94. The number of rotatable bonds is 8. The molecule has 1 aliphatic rings. The van der Waals surface area contributed by atoms with Crippen molar-refractivity contribution in [2.75, 3.05) is 31.0 Å². The molecule has 2 amide bonds. The van der Waals surface area contributed by atoms with Crippen LogP contribution in [0.3, 0.4) is 0 Å². The number of carbonyl (C=O) groups excluding carboxylic acids is 3. The lowest BCUT2D eigenvalue weighted by atomic mass is 10.2. The van der Waals surface area contributed by atoms with Crippen LogP contribution in [0.15, 0.2) is 47.4 Å². The quantitative estimate of drug-likeness (QED) is 0.452. The standard InChI is InChI=1S/C20H17F3N2O6S/c21-20(22,23)10-24-17(26)8-29-19(28)13-3-1-2-4-16(13)32-9-18(27)25-12-5-6-14-15(7-12)31-11-30-14/h1-7H,8-11H2,(H,24,26)(H,25,27). The molecule has 170 valence electrons. The minimum atomic E-state index is -4.57. The molecule has 32 heavy (non-hydrogen) atoms. The molecule has 0 spiro atoms. The molecule has 0 saturated carbocycles. The van der Waals surface area contributed by atoms with Gasteiger partial charge in [0, 0.05) is 16.6 Å². The Bertz CT molecular complexity index is 1020. The number of amides is 2. The van der Waals surface area contributed by atoms with Gasteiger partial charge < -0.3 is 24.8 Å². The molecule has 8 nitrogen and oxygen atoms in total. The summed E-state index contributed by atoms with van der Waals surface area (Å²) in [6.45, 7) is -2.27. The summed E-state index contributed by atoms with van der Waals surface area (Å²) in [5, 5.41) is 4.31. The fourth-order valence-electron chi connectivity index (χ4n) is 2.53. The first kappa shape index (κ1) is 23.3. The van der Waals surface area contributed by atoms with E-state index in [1.165, 1.54) is 6.07 Å². The van der Waals surface area contributed by atoms with Crippen molar-refractivity contribution in [1.29, 1.82) is 0 Å². The van der Waals surface area contributed by atoms with E-state index in [1.54, 1.807) is 41.7 Å².